The number of nitrogens with zero attached hydrogens (tertiary/aromatic N) is 2. The average Bonchev–Trinajstić information content (AvgIpc) is 2.90. The Morgan fingerprint density at radius 1 is 1.21 bits per heavy atom. The molecule has 0 fully saturated rings. The monoisotopic (exact) mass is 415 g/mol. The van der Waals surface area contributed by atoms with Gasteiger partial charge in [0.1, 0.15) is 4.83 Å². The maximum absolute atomic E-state index is 12.6. The number of hydrogen-bond acceptors (Lipinski definition) is 5. The smallest absolute Gasteiger partial charge is 0.262 e. The van der Waals surface area contributed by atoms with E-state index in [1.807, 2.05) is 38.1 Å². The van der Waals surface area contributed by atoms with E-state index in [0.29, 0.717) is 10.5 Å². The number of rotatable bonds is 4. The number of amides is 1. The van der Waals surface area contributed by atoms with Gasteiger partial charge in [0.2, 0.25) is 5.91 Å². The van der Waals surface area contributed by atoms with Gasteiger partial charge >= 0.3 is 0 Å². The first-order chi connectivity index (χ1) is 13.1. The maximum atomic E-state index is 12.6. The first-order valence-electron chi connectivity index (χ1n) is 9.08. The summed E-state index contributed by atoms with van der Waals surface area (Å²) in [4.78, 5) is 31.4. The van der Waals surface area contributed by atoms with Gasteiger partial charge in [0.25, 0.3) is 5.56 Å². The molecule has 0 saturated heterocycles. The van der Waals surface area contributed by atoms with Crippen LogP contribution in [-0.2, 0) is 17.3 Å². The van der Waals surface area contributed by atoms with Crippen LogP contribution in [0.1, 0.15) is 36.8 Å². The second-order valence-electron chi connectivity index (χ2n) is 7.89. The Morgan fingerprint density at radius 2 is 1.86 bits per heavy atom. The number of hydrogen-bond donors (Lipinski definition) is 1. The first kappa shape index (κ1) is 20.6. The lowest BCUT2D eigenvalue weighted by atomic mass is 9.87. The van der Waals surface area contributed by atoms with Gasteiger partial charge in [0, 0.05) is 17.6 Å². The molecule has 3 rings (SSSR count). The van der Waals surface area contributed by atoms with Crippen molar-refractivity contribution < 1.29 is 4.79 Å². The molecule has 0 aliphatic carbocycles. The zero-order valence-corrected chi connectivity index (χ0v) is 18.7. The van der Waals surface area contributed by atoms with Crippen LogP contribution in [0.25, 0.3) is 10.2 Å². The molecule has 0 radical (unpaired) electrons. The molecule has 1 N–H and O–H groups in total. The number of thioether (sulfide) groups is 1. The van der Waals surface area contributed by atoms with Crippen LogP contribution in [-0.4, -0.2) is 21.2 Å². The zero-order valence-electron chi connectivity index (χ0n) is 17.0. The fraction of sp³-hybridized carbons (Fsp3) is 0.381. The molecule has 2 aromatic heterocycles. The van der Waals surface area contributed by atoms with Crippen molar-refractivity contribution >= 4 is 44.9 Å². The van der Waals surface area contributed by atoms with Gasteiger partial charge in [-0.15, -0.1) is 11.3 Å². The molecule has 2 heterocycles. The summed E-state index contributed by atoms with van der Waals surface area (Å²) in [7, 11) is 1.70. The summed E-state index contributed by atoms with van der Waals surface area (Å²) in [5.74, 6) is 0.0669. The van der Waals surface area contributed by atoms with Crippen molar-refractivity contribution in [3.8, 4) is 0 Å². The van der Waals surface area contributed by atoms with E-state index in [1.165, 1.54) is 33.2 Å². The molecule has 28 heavy (non-hydrogen) atoms. The molecular weight excluding hydrogens is 390 g/mol. The van der Waals surface area contributed by atoms with Crippen LogP contribution in [0.2, 0.25) is 0 Å². The van der Waals surface area contributed by atoms with E-state index in [1.54, 1.807) is 7.05 Å². The SMILES string of the molecule is Cc1sc2nc(SCC(=O)Nc3ccc(C(C)(C)C)cc3)n(C)c(=O)c2c1C. The fourth-order valence-corrected chi connectivity index (χ4v) is 4.71. The highest BCUT2D eigenvalue weighted by Gasteiger charge is 2.16. The Bertz CT molecular complexity index is 1090. The van der Waals surface area contributed by atoms with Crippen molar-refractivity contribution in [1.82, 2.24) is 9.55 Å². The van der Waals surface area contributed by atoms with Crippen LogP contribution in [0.3, 0.4) is 0 Å². The number of thiophene rings is 1. The highest BCUT2D eigenvalue weighted by atomic mass is 32.2. The summed E-state index contributed by atoms with van der Waals surface area (Å²) in [5, 5.41) is 4.13. The molecule has 1 amide bonds. The number of nitrogens with one attached hydrogen (secondary N) is 1. The molecule has 0 aliphatic rings. The molecule has 0 atom stereocenters. The number of carbonyl (C=O) groups is 1. The number of benzene rings is 1. The van der Waals surface area contributed by atoms with E-state index in [9.17, 15) is 9.59 Å². The second-order valence-corrected chi connectivity index (χ2v) is 10.0. The number of anilines is 1. The van der Waals surface area contributed by atoms with Crippen LogP contribution in [0.4, 0.5) is 5.69 Å². The Morgan fingerprint density at radius 3 is 2.46 bits per heavy atom. The minimum Gasteiger partial charge on any atom is -0.325 e. The molecule has 3 aromatic rings. The van der Waals surface area contributed by atoms with Gasteiger partial charge in [0.05, 0.1) is 11.1 Å². The third-order valence-corrected chi connectivity index (χ3v) is 6.87. The van der Waals surface area contributed by atoms with Gasteiger partial charge in [-0.3, -0.25) is 14.2 Å². The van der Waals surface area contributed by atoms with E-state index < -0.39 is 0 Å². The second kappa shape index (κ2) is 7.72. The lowest BCUT2D eigenvalue weighted by molar-refractivity contribution is -0.113. The van der Waals surface area contributed by atoms with E-state index in [0.717, 1.165) is 21.0 Å². The van der Waals surface area contributed by atoms with Crippen LogP contribution < -0.4 is 10.9 Å². The van der Waals surface area contributed by atoms with Gasteiger partial charge in [-0.05, 0) is 42.5 Å². The van der Waals surface area contributed by atoms with E-state index in [2.05, 4.69) is 31.1 Å². The molecule has 0 unspecified atom stereocenters. The standard InChI is InChI=1S/C21H25N3O2S2/c1-12-13(2)28-18-17(12)19(26)24(6)20(23-18)27-11-16(25)22-15-9-7-14(8-10-15)21(3,4)5/h7-10H,11H2,1-6H3,(H,22,25). The highest BCUT2D eigenvalue weighted by Crippen LogP contribution is 2.28. The third-order valence-electron chi connectivity index (χ3n) is 4.74. The van der Waals surface area contributed by atoms with Gasteiger partial charge < -0.3 is 5.32 Å². The molecule has 148 valence electrons. The van der Waals surface area contributed by atoms with E-state index in [4.69, 9.17) is 0 Å². The largest absolute Gasteiger partial charge is 0.325 e. The van der Waals surface area contributed by atoms with Crippen LogP contribution in [0.5, 0.6) is 0 Å². The van der Waals surface area contributed by atoms with Crippen LogP contribution in [0.15, 0.2) is 34.2 Å². The van der Waals surface area contributed by atoms with E-state index >= 15 is 0 Å². The molecule has 5 nitrogen and oxygen atoms in total. The number of carbonyl (C=O) groups excluding carboxylic acids is 1. The first-order valence-corrected chi connectivity index (χ1v) is 10.9. The van der Waals surface area contributed by atoms with Crippen molar-refractivity contribution in [1.29, 1.82) is 0 Å². The van der Waals surface area contributed by atoms with Crippen molar-refractivity contribution in [2.24, 2.45) is 7.05 Å². The minimum absolute atomic E-state index is 0.0625. The zero-order chi connectivity index (χ0) is 20.6. The predicted octanol–water partition coefficient (Wildman–Crippen LogP) is 4.64. The van der Waals surface area contributed by atoms with Crippen molar-refractivity contribution in [3.63, 3.8) is 0 Å². The highest BCUT2D eigenvalue weighted by molar-refractivity contribution is 7.99. The Hall–Kier alpha value is -2.12. The summed E-state index contributed by atoms with van der Waals surface area (Å²) < 4.78 is 1.53. The molecule has 0 spiro atoms. The van der Waals surface area contributed by atoms with E-state index in [-0.39, 0.29) is 22.6 Å². The van der Waals surface area contributed by atoms with Gasteiger partial charge in [-0.25, -0.2) is 4.98 Å². The van der Waals surface area contributed by atoms with Crippen molar-refractivity contribution in [3.05, 3.63) is 50.6 Å². The Kier molecular flexibility index (Phi) is 5.68. The Balaban J connectivity index is 1.71. The summed E-state index contributed by atoms with van der Waals surface area (Å²) in [6.45, 7) is 10.4. The average molecular weight is 416 g/mol. The predicted molar refractivity (Wildman–Crippen MR) is 119 cm³/mol. The molecular formula is C21H25N3O2S2. The summed E-state index contributed by atoms with van der Waals surface area (Å²) in [5.41, 5.74) is 2.98. The molecule has 1 aromatic carbocycles. The summed E-state index contributed by atoms with van der Waals surface area (Å²) in [6.07, 6.45) is 0. The Labute approximate surface area is 173 Å². The van der Waals surface area contributed by atoms with Gasteiger partial charge in [-0.2, -0.15) is 0 Å². The van der Waals surface area contributed by atoms with Crippen molar-refractivity contribution in [2.75, 3.05) is 11.1 Å². The van der Waals surface area contributed by atoms with Crippen LogP contribution in [0, 0.1) is 13.8 Å². The minimum atomic E-state index is -0.124. The third kappa shape index (κ3) is 4.15. The lowest BCUT2D eigenvalue weighted by Gasteiger charge is -2.19. The normalized spacial score (nSPS) is 11.8. The number of aryl methyl sites for hydroxylation is 2. The van der Waals surface area contributed by atoms with Crippen LogP contribution >= 0.6 is 23.1 Å². The molecule has 0 bridgehead atoms. The van der Waals surface area contributed by atoms with Gasteiger partial charge in [0.15, 0.2) is 5.16 Å². The number of fused-ring (bicyclic) bond motifs is 1. The molecule has 0 aliphatic heterocycles. The molecule has 7 heteroatoms. The fourth-order valence-electron chi connectivity index (χ4n) is 2.87. The maximum Gasteiger partial charge on any atom is 0.262 e. The number of aromatic nitrogens is 2. The van der Waals surface area contributed by atoms with Crippen molar-refractivity contribution in [2.45, 2.75) is 45.2 Å². The topological polar surface area (TPSA) is 64.0 Å². The lowest BCUT2D eigenvalue weighted by Crippen LogP contribution is -2.21. The van der Waals surface area contributed by atoms with Gasteiger partial charge in [-0.1, -0.05) is 44.7 Å². The summed E-state index contributed by atoms with van der Waals surface area (Å²) in [6, 6.07) is 7.90. The molecule has 0 saturated carbocycles. The quantitative estimate of drug-likeness (QED) is 0.498. The summed E-state index contributed by atoms with van der Waals surface area (Å²) >= 11 is 2.79.